The second-order valence-electron chi connectivity index (χ2n) is 9.11. The summed E-state index contributed by atoms with van der Waals surface area (Å²) in [5.41, 5.74) is 8.38. The monoisotopic (exact) mass is 581 g/mol. The fourth-order valence-electron chi connectivity index (χ4n) is 4.51. The Balaban J connectivity index is 1.59. The Morgan fingerprint density at radius 3 is 2.74 bits per heavy atom. The molecule has 2 N–H and O–H groups in total. The zero-order chi connectivity index (χ0) is 27.4. The van der Waals surface area contributed by atoms with E-state index in [9.17, 15) is 9.18 Å². The summed E-state index contributed by atoms with van der Waals surface area (Å²) < 4.78 is 23.2. The highest BCUT2D eigenvalue weighted by Crippen LogP contribution is 2.39. The summed E-state index contributed by atoms with van der Waals surface area (Å²) >= 11 is 9.03. The van der Waals surface area contributed by atoms with Crippen molar-refractivity contribution in [2.75, 3.05) is 5.73 Å². The summed E-state index contributed by atoms with van der Waals surface area (Å²) in [6.07, 6.45) is 3.01. The fourth-order valence-corrected chi connectivity index (χ4v) is 6.55. The predicted octanol–water partition coefficient (Wildman–Crippen LogP) is 6.06. The van der Waals surface area contributed by atoms with E-state index in [1.54, 1.807) is 28.4 Å². The summed E-state index contributed by atoms with van der Waals surface area (Å²) in [6.45, 7) is 5.75. The number of nitrogens with zero attached hydrogens (tertiary/aromatic N) is 6. The van der Waals surface area contributed by atoms with Gasteiger partial charge in [0.25, 0.3) is 10.8 Å². The van der Waals surface area contributed by atoms with Gasteiger partial charge in [0.2, 0.25) is 0 Å². The lowest BCUT2D eigenvalue weighted by Gasteiger charge is -2.18. The van der Waals surface area contributed by atoms with Gasteiger partial charge < -0.3 is 10.5 Å². The number of anilines is 1. The Morgan fingerprint density at radius 1 is 1.15 bits per heavy atom. The first kappa shape index (κ1) is 25.4. The molecule has 39 heavy (non-hydrogen) atoms. The van der Waals surface area contributed by atoms with Gasteiger partial charge in [0.15, 0.2) is 5.65 Å². The van der Waals surface area contributed by atoms with Crippen LogP contribution in [-0.4, -0.2) is 35.2 Å². The summed E-state index contributed by atoms with van der Waals surface area (Å²) in [7, 11) is 0. The number of nitrogen functional groups attached to an aromatic ring is 1. The quantitative estimate of drug-likeness (QED) is 0.254. The number of halogens is 2. The molecule has 13 heteroatoms. The van der Waals surface area contributed by atoms with Crippen molar-refractivity contribution in [1.82, 2.24) is 29.1 Å². The summed E-state index contributed by atoms with van der Waals surface area (Å²) in [4.78, 5) is 28.2. The van der Waals surface area contributed by atoms with E-state index in [1.807, 2.05) is 26.8 Å². The second kappa shape index (κ2) is 9.70. The van der Waals surface area contributed by atoms with Crippen LogP contribution in [0.15, 0.2) is 53.0 Å². The number of rotatable bonds is 6. The van der Waals surface area contributed by atoms with Gasteiger partial charge in [-0.1, -0.05) is 35.1 Å². The lowest BCUT2D eigenvalue weighted by molar-refractivity contribution is 0.241. The van der Waals surface area contributed by atoms with Crippen molar-refractivity contribution in [2.24, 2.45) is 0 Å². The van der Waals surface area contributed by atoms with Gasteiger partial charge in [-0.15, -0.1) is 11.3 Å². The van der Waals surface area contributed by atoms with Crippen LogP contribution in [0.4, 0.5) is 10.2 Å². The maximum absolute atomic E-state index is 14.3. The van der Waals surface area contributed by atoms with Gasteiger partial charge in [-0.25, -0.2) is 24.0 Å². The highest BCUT2D eigenvalue weighted by molar-refractivity contribution is 7.17. The number of thiazole rings is 2. The van der Waals surface area contributed by atoms with E-state index in [-0.39, 0.29) is 22.6 Å². The molecule has 0 unspecified atom stereocenters. The van der Waals surface area contributed by atoms with Crippen LogP contribution in [0, 0.1) is 5.82 Å². The molecule has 9 nitrogen and oxygen atoms in total. The molecule has 0 aliphatic heterocycles. The molecule has 5 heterocycles. The average molecular weight is 582 g/mol. The largest absolute Gasteiger partial charge is 0.467 e. The molecule has 0 fully saturated rings. The van der Waals surface area contributed by atoms with Crippen LogP contribution in [0.25, 0.3) is 37.6 Å². The van der Waals surface area contributed by atoms with Gasteiger partial charge in [0.1, 0.15) is 33.6 Å². The molecule has 5 aromatic heterocycles. The van der Waals surface area contributed by atoms with Gasteiger partial charge in [0, 0.05) is 5.38 Å². The standard InChI is InChI=1S/C26H21ClFN7O2S2/c1-12(2)37-26-30-9-17(39-26)22-21-23(29)31-11-32-24(21)35(33-22)13(3)16-8-19-34(18(27)10-38-19)25(36)20(16)14-5-4-6-15(28)7-14/h4-13H,1-3H3,(H2,29,31,32)/t13-/m0/s1. The number of ether oxygens (including phenoxy) is 1. The van der Waals surface area contributed by atoms with Crippen molar-refractivity contribution < 1.29 is 9.13 Å². The van der Waals surface area contributed by atoms with Crippen molar-refractivity contribution in [1.29, 1.82) is 0 Å². The molecule has 0 radical (unpaired) electrons. The van der Waals surface area contributed by atoms with Crippen molar-refractivity contribution >= 4 is 56.0 Å². The molecule has 0 spiro atoms. The Morgan fingerprint density at radius 2 is 1.97 bits per heavy atom. The Labute approximate surface area is 234 Å². The van der Waals surface area contributed by atoms with E-state index in [2.05, 4.69) is 15.0 Å². The molecule has 0 saturated heterocycles. The molecular weight excluding hydrogens is 561 g/mol. The third-order valence-electron chi connectivity index (χ3n) is 6.20. The van der Waals surface area contributed by atoms with Gasteiger partial charge in [-0.05, 0) is 50.1 Å². The molecule has 0 amide bonds. The zero-order valence-corrected chi connectivity index (χ0v) is 23.3. The number of fused-ring (bicyclic) bond motifs is 2. The Kier molecular flexibility index (Phi) is 6.32. The molecule has 0 aliphatic carbocycles. The summed E-state index contributed by atoms with van der Waals surface area (Å²) in [6, 6.07) is 7.30. The molecule has 6 rings (SSSR count). The van der Waals surface area contributed by atoms with Gasteiger partial charge in [0.05, 0.1) is 34.2 Å². The van der Waals surface area contributed by atoms with Gasteiger partial charge in [-0.3, -0.25) is 9.20 Å². The van der Waals surface area contributed by atoms with Crippen LogP contribution in [0.3, 0.4) is 0 Å². The van der Waals surface area contributed by atoms with E-state index in [0.717, 1.165) is 4.88 Å². The first-order chi connectivity index (χ1) is 18.7. The molecule has 0 bridgehead atoms. The third-order valence-corrected chi connectivity index (χ3v) is 8.38. The van der Waals surface area contributed by atoms with Crippen molar-refractivity contribution in [2.45, 2.75) is 32.9 Å². The molecule has 6 aromatic rings. The lowest BCUT2D eigenvalue weighted by atomic mass is 9.97. The predicted molar refractivity (Wildman–Crippen MR) is 152 cm³/mol. The fraction of sp³-hybridized carbons (Fsp3) is 0.192. The minimum Gasteiger partial charge on any atom is -0.467 e. The number of hydrogen-bond donors (Lipinski definition) is 1. The zero-order valence-electron chi connectivity index (χ0n) is 20.9. The molecule has 1 atom stereocenters. The highest BCUT2D eigenvalue weighted by Gasteiger charge is 2.26. The van der Waals surface area contributed by atoms with E-state index in [1.165, 1.54) is 45.5 Å². The average Bonchev–Trinajstić information content (AvgIpc) is 3.61. The summed E-state index contributed by atoms with van der Waals surface area (Å²) in [5, 5.41) is 7.95. The first-order valence-corrected chi connectivity index (χ1v) is 14.0. The Hall–Kier alpha value is -3.87. The van der Waals surface area contributed by atoms with Crippen LogP contribution in [0.2, 0.25) is 5.15 Å². The third kappa shape index (κ3) is 4.34. The van der Waals surface area contributed by atoms with E-state index >= 15 is 0 Å². The van der Waals surface area contributed by atoms with E-state index in [4.69, 9.17) is 27.2 Å². The highest BCUT2D eigenvalue weighted by atomic mass is 35.5. The molecule has 1 aromatic carbocycles. The number of aromatic nitrogens is 6. The second-order valence-corrected chi connectivity index (χ2v) is 11.4. The molecular formula is C26H21ClFN7O2S2. The SMILES string of the molecule is CC(C)Oc1ncc(-c2nn([C@@H](C)c3cc4scc(Cl)n4c(=O)c3-c3cccc(F)c3)c3ncnc(N)c23)s1. The van der Waals surface area contributed by atoms with Crippen LogP contribution in [0.5, 0.6) is 5.19 Å². The molecule has 0 aliphatic rings. The van der Waals surface area contributed by atoms with Gasteiger partial charge in [-0.2, -0.15) is 5.10 Å². The Bertz CT molecular complexity index is 1930. The topological polar surface area (TPSA) is 113 Å². The number of hydrogen-bond acceptors (Lipinski definition) is 9. The minimum atomic E-state index is -0.508. The maximum Gasteiger partial charge on any atom is 0.274 e. The normalized spacial score (nSPS) is 12.6. The number of pyridine rings is 1. The van der Waals surface area contributed by atoms with Crippen LogP contribution < -0.4 is 16.0 Å². The number of nitrogens with two attached hydrogens (primary N) is 1. The van der Waals surface area contributed by atoms with Crippen LogP contribution in [-0.2, 0) is 0 Å². The van der Waals surface area contributed by atoms with E-state index in [0.29, 0.717) is 43.4 Å². The number of benzene rings is 1. The maximum atomic E-state index is 14.3. The minimum absolute atomic E-state index is 0.0344. The van der Waals surface area contributed by atoms with Crippen molar-refractivity contribution in [3.05, 3.63) is 75.1 Å². The lowest BCUT2D eigenvalue weighted by Crippen LogP contribution is -2.20. The van der Waals surface area contributed by atoms with Crippen molar-refractivity contribution in [3.63, 3.8) is 0 Å². The first-order valence-electron chi connectivity index (χ1n) is 11.9. The van der Waals surface area contributed by atoms with Gasteiger partial charge >= 0.3 is 0 Å². The van der Waals surface area contributed by atoms with Crippen molar-refractivity contribution in [3.8, 4) is 26.9 Å². The smallest absolute Gasteiger partial charge is 0.274 e. The summed E-state index contributed by atoms with van der Waals surface area (Å²) in [5.74, 6) is -0.192. The van der Waals surface area contributed by atoms with Crippen LogP contribution >= 0.6 is 34.3 Å². The molecule has 0 saturated carbocycles. The molecule has 198 valence electrons. The van der Waals surface area contributed by atoms with Crippen LogP contribution in [0.1, 0.15) is 32.4 Å². The van der Waals surface area contributed by atoms with E-state index < -0.39 is 11.9 Å².